The standard InChI is InChI=1S/C11H13ClO3/c1-8(14)15-10(7-13)6-9-4-2-3-5-11(9)12/h2-5,10,13H,6-7H2,1H3. The maximum atomic E-state index is 10.7. The fourth-order valence-corrected chi connectivity index (χ4v) is 1.50. The molecule has 1 aromatic rings. The van der Waals surface area contributed by atoms with Gasteiger partial charge in [-0.2, -0.15) is 0 Å². The first kappa shape index (κ1) is 12.0. The van der Waals surface area contributed by atoms with E-state index in [4.69, 9.17) is 21.4 Å². The van der Waals surface area contributed by atoms with E-state index in [-0.39, 0.29) is 6.61 Å². The molecule has 0 aromatic heterocycles. The zero-order valence-corrected chi connectivity index (χ0v) is 9.20. The Labute approximate surface area is 93.6 Å². The van der Waals surface area contributed by atoms with Gasteiger partial charge in [0.1, 0.15) is 6.10 Å². The topological polar surface area (TPSA) is 46.5 Å². The minimum absolute atomic E-state index is 0.204. The molecule has 0 spiro atoms. The van der Waals surface area contributed by atoms with E-state index in [2.05, 4.69) is 0 Å². The number of hydrogen-bond donors (Lipinski definition) is 1. The molecule has 0 bridgehead atoms. The fourth-order valence-electron chi connectivity index (χ4n) is 1.29. The van der Waals surface area contributed by atoms with Crippen LogP contribution in [0.4, 0.5) is 0 Å². The van der Waals surface area contributed by atoms with Crippen LogP contribution in [0.15, 0.2) is 24.3 Å². The summed E-state index contributed by atoms with van der Waals surface area (Å²) in [5.74, 6) is -0.402. The third-order valence-electron chi connectivity index (χ3n) is 1.94. The maximum Gasteiger partial charge on any atom is 0.302 e. The number of rotatable bonds is 4. The number of aliphatic hydroxyl groups is 1. The largest absolute Gasteiger partial charge is 0.460 e. The molecule has 0 aliphatic carbocycles. The quantitative estimate of drug-likeness (QED) is 0.800. The maximum absolute atomic E-state index is 10.7. The van der Waals surface area contributed by atoms with E-state index in [9.17, 15) is 4.79 Å². The van der Waals surface area contributed by atoms with Gasteiger partial charge in [0.2, 0.25) is 0 Å². The Morgan fingerprint density at radius 1 is 1.53 bits per heavy atom. The molecule has 0 saturated carbocycles. The van der Waals surface area contributed by atoms with Crippen molar-refractivity contribution in [3.8, 4) is 0 Å². The second kappa shape index (κ2) is 5.73. The molecule has 1 rings (SSSR count). The van der Waals surface area contributed by atoms with Crippen LogP contribution in [0.3, 0.4) is 0 Å². The molecule has 0 radical (unpaired) electrons. The number of carbonyl (C=O) groups is 1. The van der Waals surface area contributed by atoms with Crippen molar-refractivity contribution < 1.29 is 14.6 Å². The van der Waals surface area contributed by atoms with Gasteiger partial charge in [-0.15, -0.1) is 0 Å². The molecule has 0 heterocycles. The van der Waals surface area contributed by atoms with Crippen LogP contribution in [0.2, 0.25) is 5.02 Å². The first-order valence-corrected chi connectivity index (χ1v) is 5.02. The van der Waals surface area contributed by atoms with E-state index >= 15 is 0 Å². The van der Waals surface area contributed by atoms with Gasteiger partial charge in [-0.1, -0.05) is 29.8 Å². The summed E-state index contributed by atoms with van der Waals surface area (Å²) in [6, 6.07) is 7.28. The Kier molecular flexibility index (Phi) is 4.59. The molecular weight excluding hydrogens is 216 g/mol. The summed E-state index contributed by atoms with van der Waals surface area (Å²) in [5.41, 5.74) is 0.861. The molecule has 0 aliphatic rings. The molecule has 1 N–H and O–H groups in total. The van der Waals surface area contributed by atoms with Gasteiger partial charge in [0.15, 0.2) is 0 Å². The third-order valence-corrected chi connectivity index (χ3v) is 2.31. The SMILES string of the molecule is CC(=O)OC(CO)Cc1ccccc1Cl. The van der Waals surface area contributed by atoms with Gasteiger partial charge < -0.3 is 9.84 Å². The average molecular weight is 229 g/mol. The van der Waals surface area contributed by atoms with E-state index in [1.807, 2.05) is 18.2 Å². The van der Waals surface area contributed by atoms with Crippen molar-refractivity contribution in [2.75, 3.05) is 6.61 Å². The van der Waals surface area contributed by atoms with Crippen molar-refractivity contribution >= 4 is 17.6 Å². The molecule has 82 valence electrons. The van der Waals surface area contributed by atoms with Crippen molar-refractivity contribution in [1.29, 1.82) is 0 Å². The molecule has 4 heteroatoms. The van der Waals surface area contributed by atoms with Crippen molar-refractivity contribution in [1.82, 2.24) is 0 Å². The van der Waals surface area contributed by atoms with Crippen molar-refractivity contribution in [2.24, 2.45) is 0 Å². The minimum Gasteiger partial charge on any atom is -0.460 e. The number of halogens is 1. The Balaban J connectivity index is 2.66. The van der Waals surface area contributed by atoms with Gasteiger partial charge in [0.25, 0.3) is 0 Å². The zero-order chi connectivity index (χ0) is 11.3. The summed E-state index contributed by atoms with van der Waals surface area (Å²) >= 11 is 5.94. The molecule has 3 nitrogen and oxygen atoms in total. The molecule has 0 amide bonds. The van der Waals surface area contributed by atoms with Gasteiger partial charge in [-0.05, 0) is 11.6 Å². The van der Waals surface area contributed by atoms with E-state index in [1.165, 1.54) is 6.92 Å². The Bertz CT molecular complexity index is 338. The molecule has 1 atom stereocenters. The number of carbonyl (C=O) groups excluding carboxylic acids is 1. The number of ether oxygens (including phenoxy) is 1. The average Bonchev–Trinajstić information content (AvgIpc) is 2.19. The number of hydrogen-bond acceptors (Lipinski definition) is 3. The highest BCUT2D eigenvalue weighted by Crippen LogP contribution is 2.17. The highest BCUT2D eigenvalue weighted by molar-refractivity contribution is 6.31. The molecule has 0 fully saturated rings. The predicted molar refractivity (Wildman–Crippen MR) is 57.8 cm³/mol. The van der Waals surface area contributed by atoms with Crippen LogP contribution in [0.25, 0.3) is 0 Å². The minimum atomic E-state index is -0.526. The van der Waals surface area contributed by atoms with Gasteiger partial charge >= 0.3 is 5.97 Å². The van der Waals surface area contributed by atoms with E-state index in [0.717, 1.165) is 5.56 Å². The van der Waals surface area contributed by atoms with E-state index in [1.54, 1.807) is 6.07 Å². The molecule has 15 heavy (non-hydrogen) atoms. The van der Waals surface area contributed by atoms with Gasteiger partial charge in [-0.25, -0.2) is 0 Å². The Hall–Kier alpha value is -1.06. The number of aliphatic hydroxyl groups excluding tert-OH is 1. The van der Waals surface area contributed by atoms with Crippen LogP contribution < -0.4 is 0 Å². The van der Waals surface area contributed by atoms with Gasteiger partial charge in [0.05, 0.1) is 6.61 Å². The lowest BCUT2D eigenvalue weighted by molar-refractivity contribution is -0.148. The monoisotopic (exact) mass is 228 g/mol. The second-order valence-electron chi connectivity index (χ2n) is 3.21. The van der Waals surface area contributed by atoms with Gasteiger partial charge in [0, 0.05) is 18.4 Å². The lowest BCUT2D eigenvalue weighted by Gasteiger charge is -2.14. The molecule has 1 unspecified atom stereocenters. The lowest BCUT2D eigenvalue weighted by Crippen LogP contribution is -2.23. The molecule has 0 saturated heterocycles. The van der Waals surface area contributed by atoms with Crippen LogP contribution in [-0.4, -0.2) is 23.8 Å². The smallest absolute Gasteiger partial charge is 0.302 e. The number of esters is 1. The number of benzene rings is 1. The molecule has 1 aromatic carbocycles. The fraction of sp³-hybridized carbons (Fsp3) is 0.364. The third kappa shape index (κ3) is 3.90. The zero-order valence-electron chi connectivity index (χ0n) is 8.44. The first-order chi connectivity index (χ1) is 7.13. The summed E-state index contributed by atoms with van der Waals surface area (Å²) in [6.07, 6.45) is -0.0992. The summed E-state index contributed by atoms with van der Waals surface area (Å²) in [5, 5.41) is 9.62. The normalized spacial score (nSPS) is 12.2. The van der Waals surface area contributed by atoms with Crippen LogP contribution >= 0.6 is 11.6 Å². The van der Waals surface area contributed by atoms with Crippen molar-refractivity contribution in [2.45, 2.75) is 19.4 Å². The Morgan fingerprint density at radius 3 is 2.73 bits per heavy atom. The first-order valence-electron chi connectivity index (χ1n) is 4.65. The lowest BCUT2D eigenvalue weighted by atomic mass is 10.1. The molecule has 0 aliphatic heterocycles. The van der Waals surface area contributed by atoms with Crippen molar-refractivity contribution in [3.63, 3.8) is 0 Å². The van der Waals surface area contributed by atoms with Crippen molar-refractivity contribution in [3.05, 3.63) is 34.9 Å². The second-order valence-corrected chi connectivity index (χ2v) is 3.62. The van der Waals surface area contributed by atoms with Crippen LogP contribution in [0.1, 0.15) is 12.5 Å². The highest BCUT2D eigenvalue weighted by atomic mass is 35.5. The summed E-state index contributed by atoms with van der Waals surface area (Å²) in [4.78, 5) is 10.7. The van der Waals surface area contributed by atoms with Crippen LogP contribution in [-0.2, 0) is 16.0 Å². The predicted octanol–water partition coefficient (Wildman–Crippen LogP) is 1.81. The molecular formula is C11H13ClO3. The van der Waals surface area contributed by atoms with E-state index in [0.29, 0.717) is 11.4 Å². The van der Waals surface area contributed by atoms with Crippen LogP contribution in [0.5, 0.6) is 0 Å². The summed E-state index contributed by atoms with van der Waals surface area (Å²) in [6.45, 7) is 1.11. The summed E-state index contributed by atoms with van der Waals surface area (Å²) in [7, 11) is 0. The Morgan fingerprint density at radius 2 is 2.20 bits per heavy atom. The highest BCUT2D eigenvalue weighted by Gasteiger charge is 2.13. The van der Waals surface area contributed by atoms with Crippen LogP contribution in [0, 0.1) is 0 Å². The summed E-state index contributed by atoms with van der Waals surface area (Å²) < 4.78 is 4.91. The van der Waals surface area contributed by atoms with E-state index < -0.39 is 12.1 Å². The van der Waals surface area contributed by atoms with Gasteiger partial charge in [-0.3, -0.25) is 4.79 Å².